The summed E-state index contributed by atoms with van der Waals surface area (Å²) >= 11 is 0. The Morgan fingerprint density at radius 1 is 1.10 bits per heavy atom. The third-order valence-corrected chi connectivity index (χ3v) is 4.49. The van der Waals surface area contributed by atoms with Crippen molar-refractivity contribution in [2.24, 2.45) is 11.0 Å². The van der Waals surface area contributed by atoms with Crippen molar-refractivity contribution in [2.75, 3.05) is 25.8 Å². The molecule has 0 aliphatic heterocycles. The van der Waals surface area contributed by atoms with Crippen LogP contribution in [0.15, 0.2) is 47.8 Å². The Kier molecular flexibility index (Phi) is 6.86. The third-order valence-electron chi connectivity index (χ3n) is 4.49. The van der Waals surface area contributed by atoms with Crippen LogP contribution in [0.25, 0.3) is 10.9 Å². The van der Waals surface area contributed by atoms with Crippen LogP contribution in [0.3, 0.4) is 0 Å². The van der Waals surface area contributed by atoms with Crippen molar-refractivity contribution < 1.29 is 19.5 Å². The molecule has 8 nitrogen and oxygen atoms in total. The Balaban J connectivity index is 2.01. The maximum atomic E-state index is 9.45. The van der Waals surface area contributed by atoms with Crippen molar-refractivity contribution in [3.8, 4) is 11.5 Å². The van der Waals surface area contributed by atoms with Gasteiger partial charge in [0, 0.05) is 17.4 Å². The van der Waals surface area contributed by atoms with Crippen molar-refractivity contribution >= 4 is 35.5 Å². The summed E-state index contributed by atoms with van der Waals surface area (Å²) in [6, 6.07) is 10.7. The van der Waals surface area contributed by atoms with Gasteiger partial charge in [-0.2, -0.15) is 5.10 Å². The van der Waals surface area contributed by atoms with Crippen molar-refractivity contribution in [1.82, 2.24) is 9.97 Å². The summed E-state index contributed by atoms with van der Waals surface area (Å²) in [7, 11) is 1.49. The number of rotatable bonds is 8. The second kappa shape index (κ2) is 9.56. The molecule has 0 atom stereocenters. The highest BCUT2D eigenvalue weighted by molar-refractivity contribution is 6.59. The lowest BCUT2D eigenvalue weighted by molar-refractivity contribution is 0.403. The van der Waals surface area contributed by atoms with Gasteiger partial charge in [0.15, 0.2) is 5.82 Å². The van der Waals surface area contributed by atoms with Gasteiger partial charge in [-0.15, -0.1) is 0 Å². The molecule has 9 heteroatoms. The molecule has 156 valence electrons. The molecule has 30 heavy (non-hydrogen) atoms. The third kappa shape index (κ3) is 4.69. The molecule has 1 aromatic heterocycles. The summed E-state index contributed by atoms with van der Waals surface area (Å²) in [4.78, 5) is 8.84. The van der Waals surface area contributed by atoms with Crippen LogP contribution in [-0.2, 0) is 0 Å². The smallest absolute Gasteiger partial charge is 0.492 e. The fourth-order valence-electron chi connectivity index (χ4n) is 3.11. The number of anilines is 1. The quantitative estimate of drug-likeness (QED) is 0.333. The van der Waals surface area contributed by atoms with E-state index in [0.29, 0.717) is 35.2 Å². The molecule has 0 bridgehead atoms. The van der Waals surface area contributed by atoms with Gasteiger partial charge in [0.05, 0.1) is 20.4 Å². The van der Waals surface area contributed by atoms with Crippen LogP contribution in [0, 0.1) is 5.92 Å². The van der Waals surface area contributed by atoms with Crippen LogP contribution in [0.1, 0.15) is 19.4 Å². The SMILES string of the molecule is COc1cc(/C=N/N(CC(C)C)c2ncnc3c(OC)cccc23)ccc1B(O)O. The van der Waals surface area contributed by atoms with E-state index >= 15 is 0 Å². The van der Waals surface area contributed by atoms with Gasteiger partial charge in [0.2, 0.25) is 0 Å². The van der Waals surface area contributed by atoms with Crippen molar-refractivity contribution in [2.45, 2.75) is 13.8 Å². The molecule has 2 aromatic carbocycles. The second-order valence-corrected chi connectivity index (χ2v) is 7.15. The molecule has 3 rings (SSSR count). The first kappa shape index (κ1) is 21.5. The Hall–Kier alpha value is -3.17. The minimum atomic E-state index is -1.61. The van der Waals surface area contributed by atoms with Crippen LogP contribution in [0.2, 0.25) is 0 Å². The van der Waals surface area contributed by atoms with E-state index in [-0.39, 0.29) is 0 Å². The fourth-order valence-corrected chi connectivity index (χ4v) is 3.11. The zero-order chi connectivity index (χ0) is 21.7. The Bertz CT molecular complexity index is 1040. The average Bonchev–Trinajstić information content (AvgIpc) is 2.75. The first-order chi connectivity index (χ1) is 14.4. The van der Waals surface area contributed by atoms with E-state index in [4.69, 9.17) is 9.47 Å². The molecular formula is C21H25BN4O4. The summed E-state index contributed by atoms with van der Waals surface area (Å²) in [6.07, 6.45) is 3.19. The van der Waals surface area contributed by atoms with Crippen LogP contribution in [0.5, 0.6) is 11.5 Å². The highest BCUT2D eigenvalue weighted by atomic mass is 16.5. The number of ether oxygens (including phenoxy) is 2. The zero-order valence-electron chi connectivity index (χ0n) is 17.5. The molecule has 0 unspecified atom stereocenters. The van der Waals surface area contributed by atoms with E-state index < -0.39 is 7.12 Å². The number of hydrogen-bond donors (Lipinski definition) is 2. The van der Waals surface area contributed by atoms with Crippen LogP contribution in [-0.4, -0.2) is 54.1 Å². The molecule has 0 fully saturated rings. The van der Waals surface area contributed by atoms with E-state index in [1.54, 1.807) is 31.5 Å². The van der Waals surface area contributed by atoms with Gasteiger partial charge in [-0.05, 0) is 29.7 Å². The van der Waals surface area contributed by atoms with E-state index in [9.17, 15) is 10.0 Å². The lowest BCUT2D eigenvalue weighted by Gasteiger charge is -2.21. The van der Waals surface area contributed by atoms with Gasteiger partial charge in [-0.25, -0.2) is 15.0 Å². The molecule has 0 aliphatic rings. The van der Waals surface area contributed by atoms with Crippen LogP contribution in [0.4, 0.5) is 5.82 Å². The topological polar surface area (TPSA) is 100 Å². The van der Waals surface area contributed by atoms with Crippen LogP contribution < -0.4 is 19.9 Å². The van der Waals surface area contributed by atoms with Crippen molar-refractivity contribution in [1.29, 1.82) is 0 Å². The van der Waals surface area contributed by atoms with Gasteiger partial charge >= 0.3 is 7.12 Å². The maximum absolute atomic E-state index is 9.45. The molecule has 2 N–H and O–H groups in total. The fraction of sp³-hybridized carbons (Fsp3) is 0.286. The van der Waals surface area contributed by atoms with Gasteiger partial charge in [-0.1, -0.05) is 32.0 Å². The molecule has 0 aliphatic carbocycles. The lowest BCUT2D eigenvalue weighted by Crippen LogP contribution is -2.31. The Morgan fingerprint density at radius 2 is 1.87 bits per heavy atom. The zero-order valence-corrected chi connectivity index (χ0v) is 17.5. The van der Waals surface area contributed by atoms with Gasteiger partial charge in [0.1, 0.15) is 23.3 Å². The molecule has 0 amide bonds. The maximum Gasteiger partial charge on any atom is 0.492 e. The van der Waals surface area contributed by atoms with Crippen molar-refractivity contribution in [3.05, 3.63) is 48.3 Å². The Labute approximate surface area is 175 Å². The number of fused-ring (bicyclic) bond motifs is 1. The summed E-state index contributed by atoms with van der Waals surface area (Å²) < 4.78 is 10.7. The van der Waals surface area contributed by atoms with E-state index in [1.807, 2.05) is 23.2 Å². The first-order valence-corrected chi connectivity index (χ1v) is 9.58. The number of aromatic nitrogens is 2. The number of para-hydroxylation sites is 1. The summed E-state index contributed by atoms with van der Waals surface area (Å²) in [5, 5.41) is 26.2. The molecule has 1 heterocycles. The number of methoxy groups -OCH3 is 2. The summed E-state index contributed by atoms with van der Waals surface area (Å²) in [6.45, 7) is 4.85. The predicted octanol–water partition coefficient (Wildman–Crippen LogP) is 1.82. The monoisotopic (exact) mass is 408 g/mol. The average molecular weight is 408 g/mol. The molecule has 0 saturated heterocycles. The highest BCUT2D eigenvalue weighted by Crippen LogP contribution is 2.29. The number of nitrogens with zero attached hydrogens (tertiary/aromatic N) is 4. The summed E-state index contributed by atoms with van der Waals surface area (Å²) in [5.74, 6) is 2.06. The normalized spacial score (nSPS) is 11.3. The van der Waals surface area contributed by atoms with E-state index in [2.05, 4.69) is 28.9 Å². The molecule has 3 aromatic rings. The largest absolute Gasteiger partial charge is 0.497 e. The number of hydrogen-bond acceptors (Lipinski definition) is 8. The van der Waals surface area contributed by atoms with E-state index in [0.717, 1.165) is 16.5 Å². The predicted molar refractivity (Wildman–Crippen MR) is 119 cm³/mol. The van der Waals surface area contributed by atoms with Gasteiger partial charge < -0.3 is 19.5 Å². The molecule has 0 radical (unpaired) electrons. The van der Waals surface area contributed by atoms with E-state index in [1.165, 1.54) is 13.4 Å². The lowest BCUT2D eigenvalue weighted by atomic mass is 9.79. The standard InChI is InChI=1S/C21H25BN4O4/c1-14(2)12-26(21-16-6-5-7-18(29-3)20(16)23-13-24-21)25-11-15-8-9-17(22(27)28)19(10-15)30-4/h5-11,13-14,27-28H,12H2,1-4H3/b25-11+. The minimum Gasteiger partial charge on any atom is -0.497 e. The number of benzene rings is 2. The summed E-state index contributed by atoms with van der Waals surface area (Å²) in [5.41, 5.74) is 1.76. The number of hydrazone groups is 1. The van der Waals surface area contributed by atoms with Gasteiger partial charge in [-0.3, -0.25) is 0 Å². The highest BCUT2D eigenvalue weighted by Gasteiger charge is 2.18. The minimum absolute atomic E-state index is 0.294. The first-order valence-electron chi connectivity index (χ1n) is 9.58. The van der Waals surface area contributed by atoms with Crippen molar-refractivity contribution in [3.63, 3.8) is 0 Å². The molecular weight excluding hydrogens is 383 g/mol. The Morgan fingerprint density at radius 3 is 2.53 bits per heavy atom. The van der Waals surface area contributed by atoms with Crippen LogP contribution >= 0.6 is 0 Å². The molecule has 0 saturated carbocycles. The second-order valence-electron chi connectivity index (χ2n) is 7.15. The van der Waals surface area contributed by atoms with Gasteiger partial charge in [0.25, 0.3) is 0 Å². The molecule has 0 spiro atoms.